The summed E-state index contributed by atoms with van der Waals surface area (Å²) in [7, 11) is 0. The molecular formula is C17H16ClN3O3S2. The van der Waals surface area contributed by atoms with Gasteiger partial charge in [-0.3, -0.25) is 10.1 Å². The van der Waals surface area contributed by atoms with E-state index in [4.69, 9.17) is 21.1 Å². The van der Waals surface area contributed by atoms with E-state index in [2.05, 4.69) is 15.3 Å². The average molecular weight is 410 g/mol. The third kappa shape index (κ3) is 5.17. The van der Waals surface area contributed by atoms with Gasteiger partial charge in [0.15, 0.2) is 5.13 Å². The Labute approximate surface area is 163 Å². The largest absolute Gasteiger partial charge is 0.475 e. The van der Waals surface area contributed by atoms with Crippen LogP contribution in [-0.2, 0) is 6.61 Å². The highest BCUT2D eigenvalue weighted by Crippen LogP contribution is 2.25. The van der Waals surface area contributed by atoms with E-state index in [1.54, 1.807) is 23.7 Å². The quantitative estimate of drug-likeness (QED) is 0.602. The predicted molar refractivity (Wildman–Crippen MR) is 104 cm³/mol. The first-order chi connectivity index (χ1) is 12.5. The number of carbonyl (C=O) groups excluding carboxylic acids is 1. The van der Waals surface area contributed by atoms with Gasteiger partial charge < -0.3 is 9.47 Å². The van der Waals surface area contributed by atoms with E-state index in [-0.39, 0.29) is 12.0 Å². The molecule has 0 bridgehead atoms. The summed E-state index contributed by atoms with van der Waals surface area (Å²) in [6, 6.07) is 6.85. The number of anilines is 1. The van der Waals surface area contributed by atoms with Crippen molar-refractivity contribution in [2.24, 2.45) is 0 Å². The van der Waals surface area contributed by atoms with Crippen LogP contribution < -0.4 is 14.8 Å². The molecule has 3 heterocycles. The van der Waals surface area contributed by atoms with Crippen molar-refractivity contribution in [3.8, 4) is 11.8 Å². The summed E-state index contributed by atoms with van der Waals surface area (Å²) in [4.78, 5) is 21.8. The number of carbonyl (C=O) groups is 1. The van der Waals surface area contributed by atoms with Gasteiger partial charge >= 0.3 is 0 Å². The maximum absolute atomic E-state index is 12.5. The number of halogens is 1. The normalized spacial score (nSPS) is 10.8. The summed E-state index contributed by atoms with van der Waals surface area (Å²) in [6.07, 6.45) is 1.55. The molecule has 0 aliphatic rings. The minimum atomic E-state index is -0.306. The number of thiophene rings is 1. The lowest BCUT2D eigenvalue weighted by atomic mass is 10.2. The van der Waals surface area contributed by atoms with Gasteiger partial charge in [0, 0.05) is 28.6 Å². The standard InChI is InChI=1S/C17H16ClN3O3S2/c1-10(2)24-15-8-11(16(22)21-17-19-5-6-25-17)7-14(20-15)23-9-12-3-4-13(18)26-12/h3-8,10H,9H2,1-2H3,(H,19,21,22). The number of hydrogen-bond donors (Lipinski definition) is 1. The Bertz CT molecular complexity index is 881. The molecule has 0 saturated heterocycles. The van der Waals surface area contributed by atoms with Crippen molar-refractivity contribution in [2.75, 3.05) is 5.32 Å². The van der Waals surface area contributed by atoms with E-state index in [1.807, 2.05) is 26.0 Å². The van der Waals surface area contributed by atoms with Crippen molar-refractivity contribution in [3.05, 3.63) is 50.6 Å². The minimum absolute atomic E-state index is 0.0799. The van der Waals surface area contributed by atoms with Gasteiger partial charge in [-0.1, -0.05) is 11.6 Å². The van der Waals surface area contributed by atoms with Crippen molar-refractivity contribution in [1.82, 2.24) is 9.97 Å². The van der Waals surface area contributed by atoms with Crippen LogP contribution in [0.1, 0.15) is 29.1 Å². The molecule has 3 aromatic heterocycles. The second kappa shape index (κ2) is 8.48. The van der Waals surface area contributed by atoms with Crippen LogP contribution in [0.15, 0.2) is 35.8 Å². The van der Waals surface area contributed by atoms with Gasteiger partial charge in [-0.2, -0.15) is 4.98 Å². The van der Waals surface area contributed by atoms with Crippen molar-refractivity contribution in [2.45, 2.75) is 26.6 Å². The molecule has 0 radical (unpaired) electrons. The molecule has 0 spiro atoms. The third-order valence-corrected chi connectivity index (χ3v) is 4.93. The lowest BCUT2D eigenvalue weighted by molar-refractivity contribution is 0.102. The fourth-order valence-electron chi connectivity index (χ4n) is 2.02. The van der Waals surface area contributed by atoms with Gasteiger partial charge in [-0.15, -0.1) is 22.7 Å². The fourth-order valence-corrected chi connectivity index (χ4v) is 3.54. The molecular weight excluding hydrogens is 394 g/mol. The zero-order valence-electron chi connectivity index (χ0n) is 14.1. The summed E-state index contributed by atoms with van der Waals surface area (Å²) in [6.45, 7) is 4.08. The molecule has 0 aliphatic carbocycles. The van der Waals surface area contributed by atoms with Gasteiger partial charge in [-0.05, 0) is 26.0 Å². The first-order valence-electron chi connectivity index (χ1n) is 7.76. The van der Waals surface area contributed by atoms with Crippen molar-refractivity contribution < 1.29 is 14.3 Å². The van der Waals surface area contributed by atoms with E-state index in [0.29, 0.717) is 33.4 Å². The van der Waals surface area contributed by atoms with Crippen LogP contribution in [0.2, 0.25) is 4.34 Å². The minimum Gasteiger partial charge on any atom is -0.475 e. The zero-order valence-corrected chi connectivity index (χ0v) is 16.5. The van der Waals surface area contributed by atoms with Gasteiger partial charge in [0.25, 0.3) is 5.91 Å². The number of pyridine rings is 1. The van der Waals surface area contributed by atoms with Crippen molar-refractivity contribution in [1.29, 1.82) is 0 Å². The van der Waals surface area contributed by atoms with Crippen LogP contribution in [0, 0.1) is 0 Å². The van der Waals surface area contributed by atoms with Gasteiger partial charge in [0.05, 0.1) is 16.0 Å². The number of thiazole rings is 1. The molecule has 136 valence electrons. The maximum atomic E-state index is 12.5. The Morgan fingerprint density at radius 2 is 2.12 bits per heavy atom. The van der Waals surface area contributed by atoms with Gasteiger partial charge in [0.1, 0.15) is 6.61 Å². The van der Waals surface area contributed by atoms with Crippen molar-refractivity contribution in [3.63, 3.8) is 0 Å². The Kier molecular flexibility index (Phi) is 6.08. The van der Waals surface area contributed by atoms with E-state index >= 15 is 0 Å². The average Bonchev–Trinajstić information content (AvgIpc) is 3.24. The number of rotatable bonds is 7. The molecule has 0 saturated carbocycles. The smallest absolute Gasteiger partial charge is 0.257 e. The Balaban J connectivity index is 1.79. The SMILES string of the molecule is CC(C)Oc1cc(C(=O)Nc2nccs2)cc(OCc2ccc(Cl)s2)n1. The topological polar surface area (TPSA) is 73.3 Å². The molecule has 1 N–H and O–H groups in total. The lowest BCUT2D eigenvalue weighted by Gasteiger charge is -2.12. The van der Waals surface area contributed by atoms with Crippen LogP contribution in [0.4, 0.5) is 5.13 Å². The fraction of sp³-hybridized carbons (Fsp3) is 0.235. The molecule has 1 amide bonds. The van der Waals surface area contributed by atoms with E-state index in [9.17, 15) is 4.79 Å². The second-order valence-electron chi connectivity index (χ2n) is 5.48. The molecule has 3 rings (SSSR count). The van der Waals surface area contributed by atoms with Crippen LogP contribution in [0.5, 0.6) is 11.8 Å². The summed E-state index contributed by atoms with van der Waals surface area (Å²) in [5, 5.41) is 5.05. The molecule has 6 nitrogen and oxygen atoms in total. The third-order valence-electron chi connectivity index (χ3n) is 3.04. The summed E-state index contributed by atoms with van der Waals surface area (Å²) in [5.41, 5.74) is 0.380. The summed E-state index contributed by atoms with van der Waals surface area (Å²) in [5.74, 6) is 0.322. The molecule has 26 heavy (non-hydrogen) atoms. The first-order valence-corrected chi connectivity index (χ1v) is 9.83. The van der Waals surface area contributed by atoms with E-state index < -0.39 is 0 Å². The molecule has 0 aliphatic heterocycles. The van der Waals surface area contributed by atoms with Gasteiger partial charge in [0.2, 0.25) is 11.8 Å². The highest BCUT2D eigenvalue weighted by Gasteiger charge is 2.14. The zero-order chi connectivity index (χ0) is 18.5. The molecule has 0 atom stereocenters. The van der Waals surface area contributed by atoms with Crippen LogP contribution in [-0.4, -0.2) is 22.0 Å². The van der Waals surface area contributed by atoms with Crippen LogP contribution in [0.3, 0.4) is 0 Å². The Hall–Kier alpha value is -2.16. The predicted octanol–water partition coefficient (Wildman–Crippen LogP) is 4.87. The van der Waals surface area contributed by atoms with Crippen molar-refractivity contribution >= 4 is 45.3 Å². The number of ether oxygens (including phenoxy) is 2. The van der Waals surface area contributed by atoms with E-state index in [1.165, 1.54) is 22.7 Å². The summed E-state index contributed by atoms with van der Waals surface area (Å²) < 4.78 is 12.0. The number of nitrogens with zero attached hydrogens (tertiary/aromatic N) is 2. The highest BCUT2D eigenvalue weighted by molar-refractivity contribution is 7.16. The maximum Gasteiger partial charge on any atom is 0.257 e. The molecule has 3 aromatic rings. The number of aromatic nitrogens is 2. The highest BCUT2D eigenvalue weighted by atomic mass is 35.5. The van der Waals surface area contributed by atoms with E-state index in [0.717, 1.165) is 4.88 Å². The number of hydrogen-bond acceptors (Lipinski definition) is 7. The number of nitrogens with one attached hydrogen (secondary N) is 1. The second-order valence-corrected chi connectivity index (χ2v) is 8.18. The van der Waals surface area contributed by atoms with Gasteiger partial charge in [-0.25, -0.2) is 4.98 Å². The van der Waals surface area contributed by atoms with Crippen LogP contribution in [0.25, 0.3) is 0 Å². The summed E-state index contributed by atoms with van der Waals surface area (Å²) >= 11 is 8.70. The molecule has 0 fully saturated rings. The Morgan fingerprint density at radius 1 is 1.31 bits per heavy atom. The van der Waals surface area contributed by atoms with Crippen LogP contribution >= 0.6 is 34.3 Å². The monoisotopic (exact) mass is 409 g/mol. The number of amides is 1. The Morgan fingerprint density at radius 3 is 2.77 bits per heavy atom. The molecule has 0 unspecified atom stereocenters. The molecule has 0 aromatic carbocycles. The first kappa shape index (κ1) is 18.6. The lowest BCUT2D eigenvalue weighted by Crippen LogP contribution is -2.14. The molecule has 9 heteroatoms.